The van der Waals surface area contributed by atoms with E-state index >= 15 is 0 Å². The minimum Gasteiger partial charge on any atom is -0.371 e. The van der Waals surface area contributed by atoms with Gasteiger partial charge in [0.1, 0.15) is 10.0 Å². The van der Waals surface area contributed by atoms with Crippen LogP contribution in [0.4, 0.5) is 4.39 Å². The second kappa shape index (κ2) is 6.78. The number of sulfonamides is 1. The summed E-state index contributed by atoms with van der Waals surface area (Å²) in [6.07, 6.45) is -0.186. The lowest BCUT2D eigenvalue weighted by Gasteiger charge is -2.37. The van der Waals surface area contributed by atoms with Gasteiger partial charge in [-0.3, -0.25) is 0 Å². The van der Waals surface area contributed by atoms with E-state index in [-0.39, 0.29) is 12.7 Å². The number of hydrogen-bond acceptors (Lipinski definition) is 4. The van der Waals surface area contributed by atoms with E-state index in [1.807, 2.05) is 0 Å². The van der Waals surface area contributed by atoms with Crippen molar-refractivity contribution in [2.45, 2.75) is 16.9 Å². The van der Waals surface area contributed by atoms with Gasteiger partial charge in [0.2, 0.25) is 0 Å². The van der Waals surface area contributed by atoms with E-state index in [0.717, 1.165) is 3.79 Å². The molecule has 0 spiro atoms. The molecule has 1 aliphatic heterocycles. The second-order valence-corrected chi connectivity index (χ2v) is 10.1. The molecule has 0 aliphatic carbocycles. The number of ether oxygens (including phenoxy) is 1. The normalized spacial score (nSPS) is 16.5. The molecule has 23 heavy (non-hydrogen) atoms. The molecule has 0 N–H and O–H groups in total. The monoisotopic (exact) mass is 439 g/mol. The molecule has 1 aliphatic rings. The van der Waals surface area contributed by atoms with Crippen LogP contribution in [0.1, 0.15) is 5.56 Å². The van der Waals surface area contributed by atoms with Crippen molar-refractivity contribution in [3.8, 4) is 0 Å². The topological polar surface area (TPSA) is 46.6 Å². The molecule has 1 fully saturated rings. The van der Waals surface area contributed by atoms with E-state index in [2.05, 4.69) is 15.9 Å². The summed E-state index contributed by atoms with van der Waals surface area (Å²) in [5, 5.41) is 0.303. The Balaban J connectivity index is 1.55. The van der Waals surface area contributed by atoms with E-state index in [4.69, 9.17) is 16.3 Å². The van der Waals surface area contributed by atoms with Crippen LogP contribution in [0.3, 0.4) is 0 Å². The molecule has 1 saturated heterocycles. The van der Waals surface area contributed by atoms with Gasteiger partial charge in [-0.1, -0.05) is 17.7 Å². The molecule has 0 amide bonds. The number of thiophene rings is 1. The van der Waals surface area contributed by atoms with Crippen molar-refractivity contribution in [1.29, 1.82) is 0 Å². The fraction of sp³-hybridized carbons (Fsp3) is 0.286. The Morgan fingerprint density at radius 1 is 1.35 bits per heavy atom. The Bertz CT molecular complexity index is 821. The van der Waals surface area contributed by atoms with Gasteiger partial charge in [0.15, 0.2) is 0 Å². The van der Waals surface area contributed by atoms with Crippen molar-refractivity contribution in [2.75, 3.05) is 13.1 Å². The van der Waals surface area contributed by atoms with Gasteiger partial charge in [-0.25, -0.2) is 12.8 Å². The van der Waals surface area contributed by atoms with Crippen LogP contribution < -0.4 is 0 Å². The molecule has 0 bridgehead atoms. The number of halogens is 3. The molecule has 4 nitrogen and oxygen atoms in total. The van der Waals surface area contributed by atoms with E-state index in [1.165, 1.54) is 27.8 Å². The Morgan fingerprint density at radius 3 is 2.70 bits per heavy atom. The van der Waals surface area contributed by atoms with Crippen LogP contribution in [-0.4, -0.2) is 31.9 Å². The van der Waals surface area contributed by atoms with Crippen molar-refractivity contribution in [1.82, 2.24) is 4.31 Å². The van der Waals surface area contributed by atoms with Gasteiger partial charge in [0.05, 0.1) is 16.5 Å². The fourth-order valence-corrected chi connectivity index (χ4v) is 6.00. The van der Waals surface area contributed by atoms with Crippen LogP contribution in [0.25, 0.3) is 0 Å². The largest absolute Gasteiger partial charge is 0.371 e. The summed E-state index contributed by atoms with van der Waals surface area (Å²) >= 11 is 10.4. The van der Waals surface area contributed by atoms with Gasteiger partial charge in [-0.2, -0.15) is 4.31 Å². The molecule has 2 aromatic rings. The summed E-state index contributed by atoms with van der Waals surface area (Å²) < 4.78 is 45.7. The van der Waals surface area contributed by atoms with Crippen LogP contribution in [0.2, 0.25) is 5.02 Å². The van der Waals surface area contributed by atoms with Gasteiger partial charge in [0.25, 0.3) is 10.0 Å². The van der Waals surface area contributed by atoms with Crippen molar-refractivity contribution in [3.05, 3.63) is 50.5 Å². The van der Waals surface area contributed by atoms with Gasteiger partial charge in [0, 0.05) is 18.1 Å². The number of hydrogen-bond donors (Lipinski definition) is 0. The van der Waals surface area contributed by atoms with Crippen LogP contribution in [-0.2, 0) is 21.4 Å². The lowest BCUT2D eigenvalue weighted by molar-refractivity contribution is -0.0295. The van der Waals surface area contributed by atoms with Gasteiger partial charge >= 0.3 is 0 Å². The summed E-state index contributed by atoms with van der Waals surface area (Å²) in [6, 6.07) is 7.40. The zero-order valence-corrected chi connectivity index (χ0v) is 15.7. The standard InChI is InChI=1S/C14H12BrClFNO3S2/c15-13-3-4-14(22-13)23(19,20)18-6-11(7-18)21-8-9-1-2-10(17)5-12(9)16/h1-5,11H,6-8H2. The minimum absolute atomic E-state index is 0.186. The summed E-state index contributed by atoms with van der Waals surface area (Å²) in [5.41, 5.74) is 0.677. The van der Waals surface area contributed by atoms with Crippen molar-refractivity contribution >= 4 is 48.9 Å². The van der Waals surface area contributed by atoms with Gasteiger partial charge in [-0.05, 0) is 45.8 Å². The van der Waals surface area contributed by atoms with E-state index in [0.29, 0.717) is 27.9 Å². The molecular weight excluding hydrogens is 429 g/mol. The van der Waals surface area contributed by atoms with Crippen molar-refractivity contribution in [3.63, 3.8) is 0 Å². The fourth-order valence-electron chi connectivity index (χ4n) is 2.11. The summed E-state index contributed by atoms with van der Waals surface area (Å²) in [7, 11) is -3.44. The van der Waals surface area contributed by atoms with E-state index < -0.39 is 15.8 Å². The van der Waals surface area contributed by atoms with E-state index in [1.54, 1.807) is 18.2 Å². The maximum absolute atomic E-state index is 13.0. The molecule has 0 radical (unpaired) electrons. The molecule has 9 heteroatoms. The molecule has 0 saturated carbocycles. The summed E-state index contributed by atoms with van der Waals surface area (Å²) in [5.74, 6) is -0.401. The average Bonchev–Trinajstić information content (AvgIpc) is 2.86. The quantitative estimate of drug-likeness (QED) is 0.708. The molecule has 1 aromatic carbocycles. The zero-order valence-electron chi connectivity index (χ0n) is 11.7. The lowest BCUT2D eigenvalue weighted by atomic mass is 10.2. The molecule has 2 heterocycles. The molecule has 0 atom stereocenters. The third-order valence-corrected chi connectivity index (χ3v) is 7.72. The smallest absolute Gasteiger partial charge is 0.252 e. The number of benzene rings is 1. The number of nitrogens with zero attached hydrogens (tertiary/aromatic N) is 1. The molecule has 124 valence electrons. The average molecular weight is 441 g/mol. The highest BCUT2D eigenvalue weighted by Gasteiger charge is 2.38. The van der Waals surface area contributed by atoms with Crippen molar-refractivity contribution in [2.24, 2.45) is 0 Å². The highest BCUT2D eigenvalue weighted by atomic mass is 79.9. The number of rotatable bonds is 5. The maximum Gasteiger partial charge on any atom is 0.252 e. The van der Waals surface area contributed by atoms with E-state index in [9.17, 15) is 12.8 Å². The molecule has 1 aromatic heterocycles. The highest BCUT2D eigenvalue weighted by Crippen LogP contribution is 2.31. The SMILES string of the molecule is O=S(=O)(c1ccc(Br)s1)N1CC(OCc2ccc(F)cc2Cl)C1. The summed E-state index contributed by atoms with van der Waals surface area (Å²) in [6.45, 7) is 0.829. The summed E-state index contributed by atoms with van der Waals surface area (Å²) in [4.78, 5) is 0. The Morgan fingerprint density at radius 2 is 2.09 bits per heavy atom. The second-order valence-electron chi connectivity index (χ2n) is 5.05. The predicted octanol–water partition coefficient (Wildman–Crippen LogP) is 3.89. The minimum atomic E-state index is -3.44. The molecule has 0 unspecified atom stereocenters. The van der Waals surface area contributed by atoms with Crippen LogP contribution in [0.5, 0.6) is 0 Å². The predicted molar refractivity (Wildman–Crippen MR) is 90.8 cm³/mol. The first-order valence-corrected chi connectivity index (χ1v) is 10.1. The Kier molecular flexibility index (Phi) is 5.10. The van der Waals surface area contributed by atoms with Crippen molar-refractivity contribution < 1.29 is 17.5 Å². The Labute approximate surface area is 151 Å². The van der Waals surface area contributed by atoms with Crippen LogP contribution >= 0.6 is 38.9 Å². The highest BCUT2D eigenvalue weighted by molar-refractivity contribution is 9.11. The Hall–Kier alpha value is -0.510. The first-order valence-electron chi connectivity index (χ1n) is 6.67. The lowest BCUT2D eigenvalue weighted by Crippen LogP contribution is -2.54. The molecular formula is C14H12BrClFNO3S2. The first-order chi connectivity index (χ1) is 10.9. The van der Waals surface area contributed by atoms with Gasteiger partial charge in [-0.15, -0.1) is 11.3 Å². The molecule has 3 rings (SSSR count). The van der Waals surface area contributed by atoms with Gasteiger partial charge < -0.3 is 4.74 Å². The zero-order chi connectivity index (χ0) is 16.6. The third-order valence-electron chi connectivity index (χ3n) is 3.45. The van der Waals surface area contributed by atoms with Crippen LogP contribution in [0.15, 0.2) is 38.3 Å². The first kappa shape index (κ1) is 17.3. The van der Waals surface area contributed by atoms with Crippen LogP contribution in [0, 0.1) is 5.82 Å². The maximum atomic E-state index is 13.0. The third kappa shape index (κ3) is 3.78.